The Balaban J connectivity index is 2.06. The summed E-state index contributed by atoms with van der Waals surface area (Å²) in [6, 6.07) is 0. The van der Waals surface area contributed by atoms with E-state index >= 15 is 0 Å². The molecule has 0 spiro atoms. The average Bonchev–Trinajstić information content (AvgIpc) is 2.65. The van der Waals surface area contributed by atoms with Gasteiger partial charge < -0.3 is 5.21 Å². The largest absolute Gasteiger partial charge is 0.411 e. The summed E-state index contributed by atoms with van der Waals surface area (Å²) in [4.78, 5) is 0. The standard InChI is InChI=1S/C12H23NO/c1-2-3-4-5-6-8-11-9-7-10-12(11)13-14/h11,14H,2-10H2,1H3/b13-12+/t11-/m0/s1. The van der Waals surface area contributed by atoms with Crippen molar-refractivity contribution in [3.8, 4) is 0 Å². The molecule has 0 aromatic heterocycles. The minimum atomic E-state index is 0.599. The Kier molecular flexibility index (Phi) is 5.65. The summed E-state index contributed by atoms with van der Waals surface area (Å²) >= 11 is 0. The first-order valence-electron chi connectivity index (χ1n) is 6.09. The first-order chi connectivity index (χ1) is 6.88. The average molecular weight is 197 g/mol. The summed E-state index contributed by atoms with van der Waals surface area (Å²) in [7, 11) is 0. The van der Waals surface area contributed by atoms with Gasteiger partial charge in [-0.1, -0.05) is 44.2 Å². The normalized spacial score (nSPS) is 24.6. The lowest BCUT2D eigenvalue weighted by molar-refractivity contribution is 0.314. The number of hydrogen-bond donors (Lipinski definition) is 1. The molecule has 0 bridgehead atoms. The lowest BCUT2D eigenvalue weighted by atomic mass is 9.98. The van der Waals surface area contributed by atoms with Crippen LogP contribution in [0.4, 0.5) is 0 Å². The van der Waals surface area contributed by atoms with E-state index in [1.807, 2.05) is 0 Å². The van der Waals surface area contributed by atoms with Gasteiger partial charge >= 0.3 is 0 Å². The van der Waals surface area contributed by atoms with Crippen LogP contribution in [-0.4, -0.2) is 10.9 Å². The van der Waals surface area contributed by atoms with Gasteiger partial charge in [0.05, 0.1) is 5.71 Å². The molecule has 0 aliphatic heterocycles. The topological polar surface area (TPSA) is 32.6 Å². The van der Waals surface area contributed by atoms with Gasteiger partial charge in [-0.25, -0.2) is 0 Å². The van der Waals surface area contributed by atoms with Crippen molar-refractivity contribution < 1.29 is 5.21 Å². The molecule has 1 aliphatic rings. The SMILES string of the molecule is CCCCCCC[C@H]1CCC/C1=N\O. The molecule has 0 amide bonds. The fourth-order valence-electron chi connectivity index (χ4n) is 2.34. The molecule has 1 aliphatic carbocycles. The molecule has 1 atom stereocenters. The number of hydrogen-bond acceptors (Lipinski definition) is 2. The van der Waals surface area contributed by atoms with E-state index < -0.39 is 0 Å². The Bertz CT molecular complexity index is 177. The molecule has 0 heterocycles. The van der Waals surface area contributed by atoms with E-state index in [0.717, 1.165) is 12.1 Å². The molecule has 0 unspecified atom stereocenters. The molecule has 14 heavy (non-hydrogen) atoms. The Morgan fingerprint density at radius 1 is 1.29 bits per heavy atom. The zero-order valence-electron chi connectivity index (χ0n) is 9.34. The Morgan fingerprint density at radius 2 is 2.07 bits per heavy atom. The molecule has 0 radical (unpaired) electrons. The van der Waals surface area contributed by atoms with Crippen molar-refractivity contribution in [1.82, 2.24) is 0 Å². The van der Waals surface area contributed by atoms with Crippen molar-refractivity contribution >= 4 is 5.71 Å². The second-order valence-corrected chi connectivity index (χ2v) is 4.38. The van der Waals surface area contributed by atoms with Gasteiger partial charge in [0.1, 0.15) is 0 Å². The Hall–Kier alpha value is -0.530. The predicted molar refractivity (Wildman–Crippen MR) is 59.9 cm³/mol. The molecule has 1 fully saturated rings. The van der Waals surface area contributed by atoms with Gasteiger partial charge in [0.2, 0.25) is 0 Å². The quantitative estimate of drug-likeness (QED) is 0.390. The van der Waals surface area contributed by atoms with Crippen molar-refractivity contribution in [3.05, 3.63) is 0 Å². The van der Waals surface area contributed by atoms with Crippen molar-refractivity contribution in [2.45, 2.75) is 64.7 Å². The van der Waals surface area contributed by atoms with Crippen molar-refractivity contribution in [2.24, 2.45) is 11.1 Å². The van der Waals surface area contributed by atoms with Crippen molar-refractivity contribution in [2.75, 3.05) is 0 Å². The highest BCUT2D eigenvalue weighted by Crippen LogP contribution is 2.27. The van der Waals surface area contributed by atoms with Crippen LogP contribution in [-0.2, 0) is 0 Å². The highest BCUT2D eigenvalue weighted by Gasteiger charge is 2.22. The van der Waals surface area contributed by atoms with Crippen LogP contribution in [0.15, 0.2) is 5.16 Å². The molecule has 82 valence electrons. The van der Waals surface area contributed by atoms with Gasteiger partial charge in [0, 0.05) is 5.92 Å². The number of unbranched alkanes of at least 4 members (excludes halogenated alkanes) is 4. The van der Waals surface area contributed by atoms with Crippen molar-refractivity contribution in [3.63, 3.8) is 0 Å². The Labute approximate surface area is 87.4 Å². The molecule has 2 heteroatoms. The molecule has 2 nitrogen and oxygen atoms in total. The van der Waals surface area contributed by atoms with E-state index in [4.69, 9.17) is 5.21 Å². The van der Waals surface area contributed by atoms with Gasteiger partial charge in [0.15, 0.2) is 0 Å². The monoisotopic (exact) mass is 197 g/mol. The van der Waals surface area contributed by atoms with Gasteiger partial charge in [-0.15, -0.1) is 0 Å². The van der Waals surface area contributed by atoms with Gasteiger partial charge in [-0.2, -0.15) is 0 Å². The van der Waals surface area contributed by atoms with Crippen LogP contribution in [0.25, 0.3) is 0 Å². The molecule has 0 saturated heterocycles. The fourth-order valence-corrected chi connectivity index (χ4v) is 2.34. The first-order valence-corrected chi connectivity index (χ1v) is 6.09. The highest BCUT2D eigenvalue weighted by molar-refractivity contribution is 5.87. The fraction of sp³-hybridized carbons (Fsp3) is 0.917. The Morgan fingerprint density at radius 3 is 2.79 bits per heavy atom. The maximum absolute atomic E-state index is 8.77. The van der Waals surface area contributed by atoms with E-state index in [1.54, 1.807) is 0 Å². The highest BCUT2D eigenvalue weighted by atomic mass is 16.4. The van der Waals surface area contributed by atoms with Crippen LogP contribution < -0.4 is 0 Å². The summed E-state index contributed by atoms with van der Waals surface area (Å²) in [5.41, 5.74) is 1.06. The molecule has 1 rings (SSSR count). The van der Waals surface area contributed by atoms with E-state index in [9.17, 15) is 0 Å². The maximum Gasteiger partial charge on any atom is 0.0601 e. The molecule has 0 aromatic rings. The van der Waals surface area contributed by atoms with E-state index in [0.29, 0.717) is 5.92 Å². The van der Waals surface area contributed by atoms with E-state index in [1.165, 1.54) is 51.4 Å². The molecular formula is C12H23NO. The molecule has 1 N–H and O–H groups in total. The number of nitrogens with zero attached hydrogens (tertiary/aromatic N) is 1. The van der Waals surface area contributed by atoms with Gasteiger partial charge in [0.25, 0.3) is 0 Å². The molecular weight excluding hydrogens is 174 g/mol. The minimum absolute atomic E-state index is 0.599. The van der Waals surface area contributed by atoms with E-state index in [2.05, 4.69) is 12.1 Å². The lowest BCUT2D eigenvalue weighted by Crippen LogP contribution is -2.06. The summed E-state index contributed by atoms with van der Waals surface area (Å²) in [5, 5.41) is 12.2. The third-order valence-corrected chi connectivity index (χ3v) is 3.24. The van der Waals surface area contributed by atoms with E-state index in [-0.39, 0.29) is 0 Å². The van der Waals surface area contributed by atoms with Gasteiger partial charge in [-0.05, 0) is 25.7 Å². The molecule has 1 saturated carbocycles. The van der Waals surface area contributed by atoms with Crippen LogP contribution >= 0.6 is 0 Å². The third-order valence-electron chi connectivity index (χ3n) is 3.24. The maximum atomic E-state index is 8.77. The van der Waals surface area contributed by atoms with Crippen molar-refractivity contribution in [1.29, 1.82) is 0 Å². The zero-order chi connectivity index (χ0) is 10.2. The lowest BCUT2D eigenvalue weighted by Gasteiger charge is -2.08. The predicted octanol–water partition coefficient (Wildman–Crippen LogP) is 3.98. The first kappa shape index (κ1) is 11.5. The summed E-state index contributed by atoms with van der Waals surface area (Å²) < 4.78 is 0. The second-order valence-electron chi connectivity index (χ2n) is 4.38. The summed E-state index contributed by atoms with van der Waals surface area (Å²) in [6.07, 6.45) is 11.4. The van der Waals surface area contributed by atoms with Crippen LogP contribution in [0.2, 0.25) is 0 Å². The van der Waals surface area contributed by atoms with Crippen LogP contribution in [0.1, 0.15) is 64.7 Å². The number of oxime groups is 1. The van der Waals surface area contributed by atoms with Crippen LogP contribution in [0.5, 0.6) is 0 Å². The second kappa shape index (κ2) is 6.86. The smallest absolute Gasteiger partial charge is 0.0601 e. The zero-order valence-corrected chi connectivity index (χ0v) is 9.34. The minimum Gasteiger partial charge on any atom is -0.411 e. The third kappa shape index (κ3) is 3.69. The molecule has 0 aromatic carbocycles. The van der Waals surface area contributed by atoms with Gasteiger partial charge in [-0.3, -0.25) is 0 Å². The van der Waals surface area contributed by atoms with Crippen LogP contribution in [0, 0.1) is 5.92 Å². The number of rotatable bonds is 6. The summed E-state index contributed by atoms with van der Waals surface area (Å²) in [5.74, 6) is 0.599. The summed E-state index contributed by atoms with van der Waals surface area (Å²) in [6.45, 7) is 2.24. The van der Waals surface area contributed by atoms with Crippen LogP contribution in [0.3, 0.4) is 0 Å².